The van der Waals surface area contributed by atoms with E-state index in [0.29, 0.717) is 0 Å². The standard InChI is InChI=1S/C54H34N2S/c1-2-13-38(14-3-1)56-48-23-7-4-15-41(48)44-20-11-21-45(53(44)56)43-19-12-25-50-52(43)47-17-5-8-24-49(47)55(50)39-33-31-36(32-34-39)35-27-29-37(30-28-35)40-18-10-22-46-42-16-6-9-26-51(42)57-54(40)46/h1-34H. The molecule has 57 heavy (non-hydrogen) atoms. The van der Waals surface area contributed by atoms with E-state index < -0.39 is 0 Å². The maximum atomic E-state index is 2.44. The Morgan fingerprint density at radius 3 is 1.61 bits per heavy atom. The van der Waals surface area contributed by atoms with Crippen LogP contribution in [0.15, 0.2) is 206 Å². The van der Waals surface area contributed by atoms with Crippen molar-refractivity contribution in [2.24, 2.45) is 0 Å². The van der Waals surface area contributed by atoms with Gasteiger partial charge in [0.25, 0.3) is 0 Å². The van der Waals surface area contributed by atoms with Crippen molar-refractivity contribution in [3.05, 3.63) is 206 Å². The van der Waals surface area contributed by atoms with E-state index in [-0.39, 0.29) is 0 Å². The first-order chi connectivity index (χ1) is 28.3. The van der Waals surface area contributed by atoms with E-state index in [4.69, 9.17) is 0 Å². The number of hydrogen-bond donors (Lipinski definition) is 0. The molecular formula is C54H34N2S. The monoisotopic (exact) mass is 742 g/mol. The Kier molecular flexibility index (Phi) is 7.13. The van der Waals surface area contributed by atoms with Gasteiger partial charge in [0.1, 0.15) is 0 Å². The maximum Gasteiger partial charge on any atom is 0.0619 e. The van der Waals surface area contributed by atoms with Gasteiger partial charge in [0.05, 0.1) is 22.1 Å². The Bertz CT molecular complexity index is 3490. The van der Waals surface area contributed by atoms with E-state index in [9.17, 15) is 0 Å². The number of para-hydroxylation sites is 4. The van der Waals surface area contributed by atoms with Crippen molar-refractivity contribution < 1.29 is 0 Å². The molecule has 0 spiro atoms. The fourth-order valence-electron chi connectivity index (χ4n) is 9.22. The lowest BCUT2D eigenvalue weighted by molar-refractivity contribution is 1.18. The summed E-state index contributed by atoms with van der Waals surface area (Å²) in [4.78, 5) is 0. The molecule has 3 heterocycles. The second-order valence-electron chi connectivity index (χ2n) is 14.8. The molecule has 0 aliphatic carbocycles. The molecule has 0 unspecified atom stereocenters. The van der Waals surface area contributed by atoms with Crippen LogP contribution in [0.25, 0.3) is 109 Å². The summed E-state index contributed by atoms with van der Waals surface area (Å²) in [5.41, 5.74) is 14.5. The van der Waals surface area contributed by atoms with Crippen LogP contribution in [0, 0.1) is 0 Å². The second-order valence-corrected chi connectivity index (χ2v) is 15.9. The predicted octanol–water partition coefficient (Wildman–Crippen LogP) is 15.2. The largest absolute Gasteiger partial charge is 0.309 e. The smallest absolute Gasteiger partial charge is 0.0619 e. The minimum Gasteiger partial charge on any atom is -0.309 e. The Morgan fingerprint density at radius 1 is 0.298 bits per heavy atom. The van der Waals surface area contributed by atoms with E-state index in [1.165, 1.54) is 97.2 Å². The normalized spacial score (nSPS) is 11.9. The van der Waals surface area contributed by atoms with Crippen molar-refractivity contribution in [3.63, 3.8) is 0 Å². The molecule has 0 amide bonds. The molecule has 266 valence electrons. The number of aromatic nitrogens is 2. The minimum absolute atomic E-state index is 1.15. The van der Waals surface area contributed by atoms with Gasteiger partial charge in [-0.15, -0.1) is 11.3 Å². The Hall–Kier alpha value is -7.20. The second kappa shape index (κ2) is 12.7. The number of nitrogens with zero attached hydrogens (tertiary/aromatic N) is 2. The lowest BCUT2D eigenvalue weighted by Crippen LogP contribution is -1.96. The van der Waals surface area contributed by atoms with Gasteiger partial charge in [-0.2, -0.15) is 0 Å². The van der Waals surface area contributed by atoms with Crippen molar-refractivity contribution in [2.75, 3.05) is 0 Å². The van der Waals surface area contributed by atoms with E-state index in [2.05, 4.69) is 215 Å². The van der Waals surface area contributed by atoms with E-state index >= 15 is 0 Å². The summed E-state index contributed by atoms with van der Waals surface area (Å²) < 4.78 is 7.55. The zero-order valence-corrected chi connectivity index (χ0v) is 31.7. The number of fused-ring (bicyclic) bond motifs is 9. The van der Waals surface area contributed by atoms with Crippen molar-refractivity contribution in [1.29, 1.82) is 0 Å². The number of thiophene rings is 1. The molecule has 2 nitrogen and oxygen atoms in total. The van der Waals surface area contributed by atoms with Gasteiger partial charge in [0, 0.05) is 58.7 Å². The highest BCUT2D eigenvalue weighted by molar-refractivity contribution is 7.26. The van der Waals surface area contributed by atoms with Crippen molar-refractivity contribution in [3.8, 4) is 44.8 Å². The van der Waals surface area contributed by atoms with E-state index in [1.807, 2.05) is 11.3 Å². The van der Waals surface area contributed by atoms with Gasteiger partial charge in [0.15, 0.2) is 0 Å². The SMILES string of the molecule is c1ccc(-n2c3ccccc3c3cccc(-c4cccc5c4c4ccccc4n5-c4ccc(-c5ccc(-c6cccc7c6sc6ccccc67)cc5)cc4)c32)cc1. The van der Waals surface area contributed by atoms with E-state index in [1.54, 1.807) is 0 Å². The first-order valence-corrected chi connectivity index (χ1v) is 20.3. The summed E-state index contributed by atoms with van der Waals surface area (Å²) in [6, 6.07) is 75.5. The van der Waals surface area contributed by atoms with Gasteiger partial charge in [-0.05, 0) is 76.3 Å². The van der Waals surface area contributed by atoms with Crippen LogP contribution in [0.3, 0.4) is 0 Å². The first-order valence-electron chi connectivity index (χ1n) is 19.5. The van der Waals surface area contributed by atoms with E-state index in [0.717, 1.165) is 11.4 Å². The summed E-state index contributed by atoms with van der Waals surface area (Å²) in [5.74, 6) is 0. The molecule has 0 saturated carbocycles. The average molecular weight is 743 g/mol. The first kappa shape index (κ1) is 32.1. The van der Waals surface area contributed by atoms with Crippen molar-refractivity contribution in [1.82, 2.24) is 9.13 Å². The number of rotatable bonds is 5. The molecule has 12 rings (SSSR count). The molecule has 0 saturated heterocycles. The van der Waals surface area contributed by atoms with Gasteiger partial charge >= 0.3 is 0 Å². The number of benzene rings is 9. The molecule has 12 aromatic rings. The van der Waals surface area contributed by atoms with Crippen molar-refractivity contribution in [2.45, 2.75) is 0 Å². The molecule has 0 fully saturated rings. The molecule has 0 aliphatic rings. The predicted molar refractivity (Wildman–Crippen MR) is 244 cm³/mol. The van der Waals surface area contributed by atoms with Gasteiger partial charge in [-0.3, -0.25) is 0 Å². The third-order valence-electron chi connectivity index (χ3n) is 11.8. The molecule has 9 aromatic carbocycles. The highest BCUT2D eigenvalue weighted by atomic mass is 32.1. The molecule has 0 atom stereocenters. The molecular weight excluding hydrogens is 709 g/mol. The van der Waals surface area contributed by atoms with Gasteiger partial charge < -0.3 is 9.13 Å². The highest BCUT2D eigenvalue weighted by Gasteiger charge is 2.21. The molecule has 0 bridgehead atoms. The average Bonchev–Trinajstić information content (AvgIpc) is 3.95. The summed E-state index contributed by atoms with van der Waals surface area (Å²) in [7, 11) is 0. The van der Waals surface area contributed by atoms with Crippen LogP contribution in [-0.2, 0) is 0 Å². The topological polar surface area (TPSA) is 9.86 Å². The summed E-state index contributed by atoms with van der Waals surface area (Å²) >= 11 is 1.88. The fraction of sp³-hybridized carbons (Fsp3) is 0. The molecule has 0 radical (unpaired) electrons. The Balaban J connectivity index is 0.975. The lowest BCUT2D eigenvalue weighted by Gasteiger charge is -2.13. The lowest BCUT2D eigenvalue weighted by atomic mass is 9.97. The summed E-state index contributed by atoms with van der Waals surface area (Å²) in [6.45, 7) is 0. The molecule has 0 aliphatic heterocycles. The minimum atomic E-state index is 1.15. The summed E-state index contributed by atoms with van der Waals surface area (Å²) in [5, 5.41) is 7.69. The third-order valence-corrected chi connectivity index (χ3v) is 13.0. The zero-order chi connectivity index (χ0) is 37.5. The zero-order valence-electron chi connectivity index (χ0n) is 30.9. The van der Waals surface area contributed by atoms with Gasteiger partial charge in [0.2, 0.25) is 0 Å². The molecule has 3 heteroatoms. The maximum absolute atomic E-state index is 2.44. The van der Waals surface area contributed by atoms with Gasteiger partial charge in [-0.1, -0.05) is 158 Å². The van der Waals surface area contributed by atoms with Crippen LogP contribution in [0.2, 0.25) is 0 Å². The Labute approximate surface area is 333 Å². The van der Waals surface area contributed by atoms with Crippen LogP contribution in [0.1, 0.15) is 0 Å². The highest BCUT2D eigenvalue weighted by Crippen LogP contribution is 2.44. The van der Waals surface area contributed by atoms with Crippen LogP contribution in [0.5, 0.6) is 0 Å². The fourth-order valence-corrected chi connectivity index (χ4v) is 10.5. The van der Waals surface area contributed by atoms with Crippen molar-refractivity contribution >= 4 is 75.1 Å². The molecule has 3 aromatic heterocycles. The van der Waals surface area contributed by atoms with Crippen LogP contribution < -0.4 is 0 Å². The summed E-state index contributed by atoms with van der Waals surface area (Å²) in [6.07, 6.45) is 0. The van der Waals surface area contributed by atoms with Crippen LogP contribution in [0.4, 0.5) is 0 Å². The third kappa shape index (κ3) is 4.89. The molecule has 0 N–H and O–H groups in total. The Morgan fingerprint density at radius 2 is 0.825 bits per heavy atom. The van der Waals surface area contributed by atoms with Crippen LogP contribution >= 0.6 is 11.3 Å². The quantitative estimate of drug-likeness (QED) is 0.166. The number of hydrogen-bond acceptors (Lipinski definition) is 1. The van der Waals surface area contributed by atoms with Gasteiger partial charge in [-0.25, -0.2) is 0 Å². The van der Waals surface area contributed by atoms with Crippen LogP contribution in [-0.4, -0.2) is 9.13 Å².